The second kappa shape index (κ2) is 5.55. The molecule has 0 spiro atoms. The maximum atomic E-state index is 2.28. The zero-order chi connectivity index (χ0) is 11.3. The van der Waals surface area contributed by atoms with Crippen molar-refractivity contribution in [3.8, 4) is 11.1 Å². The maximum absolute atomic E-state index is 2.28. The first-order chi connectivity index (χ1) is 7.27. The van der Waals surface area contributed by atoms with Crippen LogP contribution in [0.5, 0.6) is 0 Å². The van der Waals surface area contributed by atoms with Gasteiger partial charge in [-0.1, -0.05) is 70.2 Å². The largest absolute Gasteiger partial charge is 0.0683 e. The number of rotatable bonds is 1. The highest BCUT2D eigenvalue weighted by Gasteiger charge is 2.02. The Labute approximate surface area is 93.3 Å². The Morgan fingerprint density at radius 2 is 1.33 bits per heavy atom. The Morgan fingerprint density at radius 3 is 1.93 bits per heavy atom. The van der Waals surface area contributed by atoms with E-state index in [9.17, 15) is 0 Å². The van der Waals surface area contributed by atoms with Crippen LogP contribution >= 0.6 is 0 Å². The van der Waals surface area contributed by atoms with Crippen LogP contribution in [-0.4, -0.2) is 0 Å². The van der Waals surface area contributed by atoms with Crippen molar-refractivity contribution in [3.63, 3.8) is 0 Å². The summed E-state index contributed by atoms with van der Waals surface area (Å²) in [5.74, 6) is 0.602. The fraction of sp³-hybridized carbons (Fsp3) is 0.333. The molecule has 15 heavy (non-hydrogen) atoms. The molecule has 0 amide bonds. The maximum Gasteiger partial charge on any atom is -0.0181 e. The Kier molecular flexibility index (Phi) is 4.36. The molecule has 80 valence electrons. The fourth-order valence-electron chi connectivity index (χ4n) is 1.58. The highest BCUT2D eigenvalue weighted by molar-refractivity contribution is 5.66. The summed E-state index contributed by atoms with van der Waals surface area (Å²) < 4.78 is 0. The first-order valence-electron chi connectivity index (χ1n) is 5.76. The minimum Gasteiger partial charge on any atom is -0.0683 e. The van der Waals surface area contributed by atoms with Crippen molar-refractivity contribution in [1.82, 2.24) is 0 Å². The predicted octanol–water partition coefficient (Wildman–Crippen LogP) is 4.94. The van der Waals surface area contributed by atoms with E-state index in [0.717, 1.165) is 0 Å². The Hall–Kier alpha value is -1.30. The summed E-state index contributed by atoms with van der Waals surface area (Å²) >= 11 is 0. The molecule has 2 aliphatic rings. The van der Waals surface area contributed by atoms with Gasteiger partial charge < -0.3 is 0 Å². The molecule has 0 nitrogen and oxygen atoms in total. The van der Waals surface area contributed by atoms with Crippen LogP contribution in [0.4, 0.5) is 0 Å². The first-order valence-corrected chi connectivity index (χ1v) is 5.76. The molecule has 0 bridgehead atoms. The minimum atomic E-state index is 0.602. The van der Waals surface area contributed by atoms with E-state index in [1.807, 2.05) is 13.8 Å². The van der Waals surface area contributed by atoms with E-state index in [2.05, 4.69) is 56.3 Å². The molecule has 0 atom stereocenters. The number of hydrogen-bond acceptors (Lipinski definition) is 0. The molecule has 0 fully saturated rings. The first kappa shape index (κ1) is 11.8. The second-order valence-electron chi connectivity index (χ2n) is 3.76. The van der Waals surface area contributed by atoms with E-state index in [1.165, 1.54) is 16.7 Å². The van der Waals surface area contributed by atoms with Crippen molar-refractivity contribution in [2.75, 3.05) is 0 Å². The monoisotopic (exact) mass is 200 g/mol. The van der Waals surface area contributed by atoms with E-state index in [1.54, 1.807) is 0 Å². The zero-order valence-electron chi connectivity index (χ0n) is 10.1. The summed E-state index contributed by atoms with van der Waals surface area (Å²) in [7, 11) is 0. The summed E-state index contributed by atoms with van der Waals surface area (Å²) in [5.41, 5.74) is 4.07. The lowest BCUT2D eigenvalue weighted by molar-refractivity contribution is 0.869. The molecule has 0 unspecified atom stereocenters. The van der Waals surface area contributed by atoms with E-state index in [0.29, 0.717) is 5.92 Å². The highest BCUT2D eigenvalue weighted by atomic mass is 14.1. The van der Waals surface area contributed by atoms with Crippen molar-refractivity contribution < 1.29 is 0 Å². The summed E-state index contributed by atoms with van der Waals surface area (Å²) in [4.78, 5) is 0. The highest BCUT2D eigenvalue weighted by Crippen LogP contribution is 2.25. The van der Waals surface area contributed by atoms with E-state index in [4.69, 9.17) is 0 Å². The van der Waals surface area contributed by atoms with E-state index < -0.39 is 0 Å². The fourth-order valence-corrected chi connectivity index (χ4v) is 1.58. The van der Waals surface area contributed by atoms with Crippen LogP contribution in [0.25, 0.3) is 11.1 Å². The van der Waals surface area contributed by atoms with Gasteiger partial charge in [-0.3, -0.25) is 0 Å². The quantitative estimate of drug-likeness (QED) is 0.611. The molecule has 0 heterocycles. The third kappa shape index (κ3) is 2.82. The van der Waals surface area contributed by atoms with Crippen molar-refractivity contribution in [2.24, 2.45) is 0 Å². The molecule has 0 aromatic carbocycles. The topological polar surface area (TPSA) is 0 Å². The molecular formula is C15H20. The standard InChI is InChI=1S/C13H14.C2H6/c1-10(2)12-7-3-5-11-6-4-8-13(11)9-12;1-2/h3-10H,1-2H3;1-2H3. The SMILES string of the molecule is CC.CC(C)c1cccc2cccc-2c1. The molecule has 0 N–H and O–H groups in total. The van der Waals surface area contributed by atoms with Gasteiger partial charge in [0.15, 0.2) is 0 Å². The van der Waals surface area contributed by atoms with Gasteiger partial charge >= 0.3 is 0 Å². The third-order valence-corrected chi connectivity index (χ3v) is 2.44. The Balaban J connectivity index is 0.000000531. The van der Waals surface area contributed by atoms with E-state index >= 15 is 0 Å². The summed E-state index contributed by atoms with van der Waals surface area (Å²) in [5, 5.41) is 0. The second-order valence-corrected chi connectivity index (χ2v) is 3.76. The molecule has 2 rings (SSSR count). The van der Waals surface area contributed by atoms with E-state index in [-0.39, 0.29) is 0 Å². The van der Waals surface area contributed by atoms with Gasteiger partial charge in [-0.05, 0) is 22.6 Å². The van der Waals surface area contributed by atoms with Gasteiger partial charge in [0, 0.05) is 0 Å². The average molecular weight is 200 g/mol. The van der Waals surface area contributed by atoms with Crippen molar-refractivity contribution in [2.45, 2.75) is 33.6 Å². The van der Waals surface area contributed by atoms with Crippen LogP contribution in [0.1, 0.15) is 39.2 Å². The van der Waals surface area contributed by atoms with Gasteiger partial charge in [0.25, 0.3) is 0 Å². The van der Waals surface area contributed by atoms with Crippen LogP contribution in [0.3, 0.4) is 0 Å². The molecule has 0 radical (unpaired) electrons. The van der Waals surface area contributed by atoms with Gasteiger partial charge in [-0.2, -0.15) is 0 Å². The molecular weight excluding hydrogens is 180 g/mol. The third-order valence-electron chi connectivity index (χ3n) is 2.44. The zero-order valence-corrected chi connectivity index (χ0v) is 10.1. The predicted molar refractivity (Wildman–Crippen MR) is 68.5 cm³/mol. The van der Waals surface area contributed by atoms with Gasteiger partial charge in [0.1, 0.15) is 0 Å². The van der Waals surface area contributed by atoms with Gasteiger partial charge in [0.2, 0.25) is 0 Å². The molecule has 0 heteroatoms. The lowest BCUT2D eigenvalue weighted by Crippen LogP contribution is -1.82. The van der Waals surface area contributed by atoms with Crippen molar-refractivity contribution in [1.29, 1.82) is 0 Å². The molecule has 0 saturated heterocycles. The van der Waals surface area contributed by atoms with Gasteiger partial charge in [-0.25, -0.2) is 0 Å². The number of fused-ring (bicyclic) bond motifs is 1. The average Bonchev–Trinajstić information content (AvgIpc) is 2.58. The van der Waals surface area contributed by atoms with Crippen LogP contribution in [0.2, 0.25) is 0 Å². The molecule has 0 aromatic rings. The van der Waals surface area contributed by atoms with Crippen molar-refractivity contribution >= 4 is 0 Å². The summed E-state index contributed by atoms with van der Waals surface area (Å²) in [6, 6.07) is 15.2. The Morgan fingerprint density at radius 1 is 0.800 bits per heavy atom. The Bertz CT molecular complexity index is 374. The number of hydrogen-bond donors (Lipinski definition) is 0. The minimum absolute atomic E-state index is 0.602. The molecule has 0 saturated carbocycles. The lowest BCUT2D eigenvalue weighted by atomic mass is 10.0. The van der Waals surface area contributed by atoms with Crippen LogP contribution < -0.4 is 0 Å². The van der Waals surface area contributed by atoms with Crippen LogP contribution in [-0.2, 0) is 0 Å². The molecule has 2 aliphatic carbocycles. The van der Waals surface area contributed by atoms with Crippen molar-refractivity contribution in [3.05, 3.63) is 48.0 Å². The van der Waals surface area contributed by atoms with Gasteiger partial charge in [-0.15, -0.1) is 0 Å². The van der Waals surface area contributed by atoms with Gasteiger partial charge in [0.05, 0.1) is 0 Å². The van der Waals surface area contributed by atoms with Crippen LogP contribution in [0, 0.1) is 0 Å². The molecule has 0 aliphatic heterocycles. The molecule has 0 aromatic heterocycles. The smallest absolute Gasteiger partial charge is 0.0181 e. The van der Waals surface area contributed by atoms with Crippen LogP contribution in [0.15, 0.2) is 42.5 Å². The lowest BCUT2D eigenvalue weighted by Gasteiger charge is -2.01. The summed E-state index contributed by atoms with van der Waals surface area (Å²) in [6.07, 6.45) is 0. The summed E-state index contributed by atoms with van der Waals surface area (Å²) in [6.45, 7) is 8.45. The normalized spacial score (nSPS) is 9.93.